The van der Waals surface area contributed by atoms with Crippen molar-refractivity contribution < 1.29 is 19.1 Å². The summed E-state index contributed by atoms with van der Waals surface area (Å²) in [7, 11) is 1.54. The van der Waals surface area contributed by atoms with Crippen molar-refractivity contribution in [2.45, 2.75) is 32.7 Å². The van der Waals surface area contributed by atoms with Gasteiger partial charge in [-0.25, -0.2) is 19.4 Å². The molecule has 0 aliphatic carbocycles. The monoisotopic (exact) mass is 485 g/mol. The summed E-state index contributed by atoms with van der Waals surface area (Å²) in [4.78, 5) is 25.2. The lowest BCUT2D eigenvalue weighted by Crippen LogP contribution is -2.46. The highest BCUT2D eigenvalue weighted by Gasteiger charge is 2.37. The summed E-state index contributed by atoms with van der Waals surface area (Å²) in [5, 5.41) is 16.9. The van der Waals surface area contributed by atoms with E-state index in [1.54, 1.807) is 24.8 Å². The first-order valence-electron chi connectivity index (χ1n) is 10.7. The average molecular weight is 486 g/mol. The number of hydrogen-bond acceptors (Lipinski definition) is 10. The van der Waals surface area contributed by atoms with E-state index in [1.165, 1.54) is 11.4 Å². The zero-order chi connectivity index (χ0) is 24.6. The number of hydroxylamine groups is 2. The number of ether oxygens (including phenoxy) is 2. The average Bonchev–Trinajstić information content (AvgIpc) is 3.12. The number of fused-ring (bicyclic) bond motifs is 1. The molecule has 1 aliphatic heterocycles. The van der Waals surface area contributed by atoms with Crippen molar-refractivity contribution in [1.82, 2.24) is 24.8 Å². The standard InChI is InChI=1S/C22H24ClN7O4/c1-5-33-22(31)34-29-8-13(9-29)18-15(7-24)16(23)6-14(19(18)32-4)12(3)30-21-17(11(2)28-30)20(25)26-10-27-21/h6,10,12-13H,5,8-9H2,1-4H3,(H2,25,26,27). The van der Waals surface area contributed by atoms with Gasteiger partial charge in [-0.1, -0.05) is 11.6 Å². The number of methoxy groups -OCH3 is 1. The molecule has 2 aromatic heterocycles. The van der Waals surface area contributed by atoms with Crippen molar-refractivity contribution in [1.29, 1.82) is 5.26 Å². The Morgan fingerprint density at radius 3 is 2.79 bits per heavy atom. The first-order valence-corrected chi connectivity index (χ1v) is 11.0. The van der Waals surface area contributed by atoms with E-state index in [-0.39, 0.29) is 18.6 Å². The van der Waals surface area contributed by atoms with Gasteiger partial charge in [0.25, 0.3) is 0 Å². The Labute approximate surface area is 200 Å². The Kier molecular flexibility index (Phi) is 6.45. The van der Waals surface area contributed by atoms with Crippen LogP contribution in [0.2, 0.25) is 5.02 Å². The van der Waals surface area contributed by atoms with E-state index in [0.717, 1.165) is 5.56 Å². The lowest BCUT2D eigenvalue weighted by atomic mass is 9.86. The van der Waals surface area contributed by atoms with Crippen molar-refractivity contribution in [3.05, 3.63) is 39.8 Å². The fourth-order valence-electron chi connectivity index (χ4n) is 4.23. The van der Waals surface area contributed by atoms with Gasteiger partial charge in [-0.05, 0) is 26.8 Å². The molecule has 11 nitrogen and oxygen atoms in total. The molecule has 178 valence electrons. The summed E-state index contributed by atoms with van der Waals surface area (Å²) in [6.45, 7) is 6.42. The molecule has 1 fully saturated rings. The molecule has 4 rings (SSSR count). The summed E-state index contributed by atoms with van der Waals surface area (Å²) in [5.41, 5.74) is 9.04. The Morgan fingerprint density at radius 1 is 1.41 bits per heavy atom. The molecule has 12 heteroatoms. The van der Waals surface area contributed by atoms with Crippen LogP contribution in [0.4, 0.5) is 10.6 Å². The van der Waals surface area contributed by atoms with E-state index in [2.05, 4.69) is 21.1 Å². The zero-order valence-corrected chi connectivity index (χ0v) is 20.0. The SMILES string of the molecule is CCOC(=O)ON1CC(c2c(C#N)c(Cl)cc(C(C)n3nc(C)c4c(N)ncnc43)c2OC)C1. The number of hydrogen-bond donors (Lipinski definition) is 1. The molecule has 3 heterocycles. The number of carbonyl (C=O) groups is 1. The van der Waals surface area contributed by atoms with Gasteiger partial charge < -0.3 is 20.0 Å². The van der Waals surface area contributed by atoms with Gasteiger partial charge in [0.1, 0.15) is 24.0 Å². The van der Waals surface area contributed by atoms with Crippen molar-refractivity contribution in [3.63, 3.8) is 0 Å². The van der Waals surface area contributed by atoms with Gasteiger partial charge in [0.05, 0.1) is 41.4 Å². The van der Waals surface area contributed by atoms with Crippen LogP contribution in [0.15, 0.2) is 12.4 Å². The minimum atomic E-state index is -0.768. The Balaban J connectivity index is 1.75. The third-order valence-electron chi connectivity index (χ3n) is 5.85. The molecule has 1 unspecified atom stereocenters. The van der Waals surface area contributed by atoms with Crippen LogP contribution in [0, 0.1) is 18.3 Å². The molecule has 1 saturated heterocycles. The summed E-state index contributed by atoms with van der Waals surface area (Å²) in [6, 6.07) is 3.55. The third-order valence-corrected chi connectivity index (χ3v) is 6.14. The molecule has 1 aromatic carbocycles. The van der Waals surface area contributed by atoms with Gasteiger partial charge in [-0.2, -0.15) is 10.4 Å². The number of anilines is 1. The molecular weight excluding hydrogens is 462 g/mol. The van der Waals surface area contributed by atoms with E-state index in [0.29, 0.717) is 57.5 Å². The number of nitriles is 1. The second-order valence-corrected chi connectivity index (χ2v) is 8.27. The van der Waals surface area contributed by atoms with Gasteiger partial charge in [0, 0.05) is 30.1 Å². The number of benzene rings is 1. The fraction of sp³-hybridized carbons (Fsp3) is 0.409. The normalized spacial score (nSPS) is 14.9. The first-order chi connectivity index (χ1) is 16.3. The van der Waals surface area contributed by atoms with E-state index in [1.807, 2.05) is 13.8 Å². The topological polar surface area (TPSA) is 141 Å². The lowest BCUT2D eigenvalue weighted by molar-refractivity contribution is -0.172. The fourth-order valence-corrected chi connectivity index (χ4v) is 4.49. The minimum absolute atomic E-state index is 0.141. The highest BCUT2D eigenvalue weighted by Crippen LogP contribution is 2.44. The molecule has 2 N–H and O–H groups in total. The molecule has 1 atom stereocenters. The summed E-state index contributed by atoms with van der Waals surface area (Å²) >= 11 is 6.56. The number of nitrogen functional groups attached to an aromatic ring is 1. The lowest BCUT2D eigenvalue weighted by Gasteiger charge is -2.38. The van der Waals surface area contributed by atoms with Crippen molar-refractivity contribution in [2.24, 2.45) is 0 Å². The van der Waals surface area contributed by atoms with E-state index in [4.69, 9.17) is 31.6 Å². The highest BCUT2D eigenvalue weighted by atomic mass is 35.5. The van der Waals surface area contributed by atoms with Crippen molar-refractivity contribution in [2.75, 3.05) is 32.5 Å². The summed E-state index contributed by atoms with van der Waals surface area (Å²) < 4.78 is 12.4. The van der Waals surface area contributed by atoms with Gasteiger partial charge in [-0.15, -0.1) is 5.06 Å². The van der Waals surface area contributed by atoms with Gasteiger partial charge in [-0.3, -0.25) is 0 Å². The maximum atomic E-state index is 11.6. The van der Waals surface area contributed by atoms with Gasteiger partial charge in [0.15, 0.2) is 5.65 Å². The Hall–Kier alpha value is -3.62. The van der Waals surface area contributed by atoms with E-state index >= 15 is 0 Å². The van der Waals surface area contributed by atoms with Crippen LogP contribution in [0.3, 0.4) is 0 Å². The first kappa shape index (κ1) is 23.5. The summed E-state index contributed by atoms with van der Waals surface area (Å²) in [6.07, 6.45) is 0.624. The maximum Gasteiger partial charge on any atom is 0.527 e. The molecule has 0 bridgehead atoms. The number of rotatable bonds is 6. The molecular formula is C22H24ClN7O4. The number of aryl methyl sites for hydroxylation is 1. The third kappa shape index (κ3) is 3.95. The predicted octanol–water partition coefficient (Wildman–Crippen LogP) is 3.35. The van der Waals surface area contributed by atoms with E-state index in [9.17, 15) is 10.1 Å². The highest BCUT2D eigenvalue weighted by molar-refractivity contribution is 6.32. The summed E-state index contributed by atoms with van der Waals surface area (Å²) in [5.74, 6) is 0.734. The maximum absolute atomic E-state index is 11.6. The number of nitrogens with two attached hydrogens (primary N) is 1. The van der Waals surface area contributed by atoms with E-state index < -0.39 is 6.16 Å². The smallest absolute Gasteiger partial charge is 0.496 e. The minimum Gasteiger partial charge on any atom is -0.496 e. The molecule has 0 saturated carbocycles. The Morgan fingerprint density at radius 2 is 2.15 bits per heavy atom. The van der Waals surface area contributed by atoms with Gasteiger partial charge in [0.2, 0.25) is 0 Å². The van der Waals surface area contributed by atoms with Crippen molar-refractivity contribution >= 4 is 34.6 Å². The number of carbonyl (C=O) groups excluding carboxylic acids is 1. The second-order valence-electron chi connectivity index (χ2n) is 7.86. The van der Waals surface area contributed by atoms with Crippen LogP contribution in [0.25, 0.3) is 11.0 Å². The van der Waals surface area contributed by atoms with Crippen molar-refractivity contribution in [3.8, 4) is 11.8 Å². The van der Waals surface area contributed by atoms with Gasteiger partial charge >= 0.3 is 6.16 Å². The van der Waals surface area contributed by atoms with Crippen LogP contribution in [0.5, 0.6) is 5.75 Å². The molecule has 3 aromatic rings. The molecule has 0 radical (unpaired) electrons. The quantitative estimate of drug-likeness (QED) is 0.516. The van der Waals surface area contributed by atoms with Crippen LogP contribution >= 0.6 is 11.6 Å². The van der Waals surface area contributed by atoms with Crippen LogP contribution < -0.4 is 10.5 Å². The molecule has 34 heavy (non-hydrogen) atoms. The van der Waals surface area contributed by atoms with Crippen LogP contribution in [-0.2, 0) is 9.57 Å². The molecule has 1 aliphatic rings. The zero-order valence-electron chi connectivity index (χ0n) is 19.2. The molecule has 0 amide bonds. The number of aromatic nitrogens is 4. The predicted molar refractivity (Wildman–Crippen MR) is 123 cm³/mol. The number of halogens is 1. The second kappa shape index (κ2) is 9.32. The van der Waals surface area contributed by atoms with Crippen LogP contribution in [0.1, 0.15) is 48.2 Å². The van der Waals surface area contributed by atoms with Crippen LogP contribution in [-0.4, -0.2) is 57.8 Å². The Bertz CT molecular complexity index is 1300. The largest absolute Gasteiger partial charge is 0.527 e. The number of nitrogens with zero attached hydrogens (tertiary/aromatic N) is 6. The molecule has 0 spiro atoms.